The quantitative estimate of drug-likeness (QED) is 0.758. The number of nitrogens with zero attached hydrogens (tertiary/aromatic N) is 1. The minimum absolute atomic E-state index is 0.00108. The number of carbonyl (C=O) groups excluding carboxylic acids is 1. The third-order valence-corrected chi connectivity index (χ3v) is 3.84. The highest BCUT2D eigenvalue weighted by molar-refractivity contribution is 7.17. The molecule has 0 aliphatic rings. The number of ketones is 1. The molecular formula is C13H12FNOS. The van der Waals surface area contributed by atoms with Gasteiger partial charge in [0.1, 0.15) is 10.8 Å². The van der Waals surface area contributed by atoms with E-state index >= 15 is 0 Å². The predicted octanol–water partition coefficient (Wildman–Crippen LogP) is 3.77. The molecule has 0 spiro atoms. The summed E-state index contributed by atoms with van der Waals surface area (Å²) in [5.41, 5.74) is 2.03. The van der Waals surface area contributed by atoms with Gasteiger partial charge in [-0.05, 0) is 25.5 Å². The van der Waals surface area contributed by atoms with E-state index in [1.54, 1.807) is 19.9 Å². The SMILES string of the molecule is CC(=O)c1sc(-c2ccc(C)c(F)c2)nc1C. The van der Waals surface area contributed by atoms with Gasteiger partial charge in [-0.2, -0.15) is 0 Å². The van der Waals surface area contributed by atoms with Crippen LogP contribution in [0.5, 0.6) is 0 Å². The van der Waals surface area contributed by atoms with Gasteiger partial charge in [0.15, 0.2) is 5.78 Å². The summed E-state index contributed by atoms with van der Waals surface area (Å²) in [5.74, 6) is -0.251. The number of aryl methyl sites for hydroxylation is 2. The van der Waals surface area contributed by atoms with Crippen molar-refractivity contribution in [2.75, 3.05) is 0 Å². The van der Waals surface area contributed by atoms with Crippen molar-refractivity contribution in [3.63, 3.8) is 0 Å². The Morgan fingerprint density at radius 2 is 2.06 bits per heavy atom. The first-order valence-corrected chi connectivity index (χ1v) is 6.05. The maximum absolute atomic E-state index is 13.4. The molecular weight excluding hydrogens is 237 g/mol. The molecule has 0 aliphatic carbocycles. The molecule has 2 aromatic rings. The molecule has 0 fully saturated rings. The van der Waals surface area contributed by atoms with Gasteiger partial charge in [0, 0.05) is 12.5 Å². The zero-order valence-corrected chi connectivity index (χ0v) is 10.7. The number of halogens is 1. The van der Waals surface area contributed by atoms with E-state index in [2.05, 4.69) is 4.98 Å². The molecule has 0 saturated carbocycles. The van der Waals surface area contributed by atoms with Crippen molar-refractivity contribution in [2.45, 2.75) is 20.8 Å². The van der Waals surface area contributed by atoms with Gasteiger partial charge in [-0.3, -0.25) is 4.79 Å². The predicted molar refractivity (Wildman–Crippen MR) is 67.0 cm³/mol. The molecule has 1 aromatic heterocycles. The van der Waals surface area contributed by atoms with E-state index < -0.39 is 0 Å². The summed E-state index contributed by atoms with van der Waals surface area (Å²) in [5, 5.41) is 0.687. The van der Waals surface area contributed by atoms with Crippen molar-refractivity contribution in [1.82, 2.24) is 4.98 Å². The van der Waals surface area contributed by atoms with Crippen LogP contribution in [0.15, 0.2) is 18.2 Å². The minimum atomic E-state index is -0.250. The zero-order valence-electron chi connectivity index (χ0n) is 9.87. The van der Waals surface area contributed by atoms with Crippen LogP contribution in [0, 0.1) is 19.7 Å². The number of hydrogen-bond acceptors (Lipinski definition) is 3. The first kappa shape index (κ1) is 11.9. The number of rotatable bonds is 2. The highest BCUT2D eigenvalue weighted by Crippen LogP contribution is 2.29. The number of Topliss-reactive ketones (excluding diaryl/α,β-unsaturated/α-hetero) is 1. The van der Waals surface area contributed by atoms with Crippen LogP contribution in [-0.2, 0) is 0 Å². The van der Waals surface area contributed by atoms with Crippen molar-refractivity contribution in [2.24, 2.45) is 0 Å². The van der Waals surface area contributed by atoms with Crippen molar-refractivity contribution < 1.29 is 9.18 Å². The largest absolute Gasteiger partial charge is 0.294 e. The van der Waals surface area contributed by atoms with Gasteiger partial charge in [0.25, 0.3) is 0 Å². The van der Waals surface area contributed by atoms with Crippen LogP contribution in [-0.4, -0.2) is 10.8 Å². The van der Waals surface area contributed by atoms with E-state index in [-0.39, 0.29) is 11.6 Å². The van der Waals surface area contributed by atoms with E-state index in [1.165, 1.54) is 24.3 Å². The van der Waals surface area contributed by atoms with Crippen LogP contribution in [0.2, 0.25) is 0 Å². The molecule has 88 valence electrons. The van der Waals surface area contributed by atoms with E-state index in [0.717, 1.165) is 0 Å². The average molecular weight is 249 g/mol. The van der Waals surface area contributed by atoms with Gasteiger partial charge < -0.3 is 0 Å². The summed E-state index contributed by atoms with van der Waals surface area (Å²) in [6.07, 6.45) is 0. The number of carbonyl (C=O) groups is 1. The van der Waals surface area contributed by atoms with E-state index in [9.17, 15) is 9.18 Å². The molecule has 0 atom stereocenters. The summed E-state index contributed by atoms with van der Waals surface area (Å²) >= 11 is 1.31. The Hall–Kier alpha value is -1.55. The summed E-state index contributed by atoms with van der Waals surface area (Å²) in [7, 11) is 0. The molecule has 0 unspecified atom stereocenters. The third-order valence-electron chi connectivity index (χ3n) is 2.54. The second-order valence-corrected chi connectivity index (χ2v) is 4.95. The standard InChI is InChI=1S/C13H12FNOS/c1-7-4-5-10(6-11(7)14)13-15-8(2)12(17-13)9(3)16/h4-6H,1-3H3. The molecule has 4 heteroatoms. The van der Waals surface area contributed by atoms with Gasteiger partial charge in [-0.25, -0.2) is 9.37 Å². The number of aromatic nitrogens is 1. The molecule has 2 rings (SSSR count). The Kier molecular flexibility index (Phi) is 3.07. The van der Waals surface area contributed by atoms with Gasteiger partial charge in [0.2, 0.25) is 0 Å². The molecule has 1 aromatic carbocycles. The van der Waals surface area contributed by atoms with Crippen molar-refractivity contribution in [1.29, 1.82) is 0 Å². The van der Waals surface area contributed by atoms with Gasteiger partial charge in [0.05, 0.1) is 10.6 Å². The second-order valence-electron chi connectivity index (χ2n) is 3.95. The van der Waals surface area contributed by atoms with Crippen LogP contribution in [0.4, 0.5) is 4.39 Å². The van der Waals surface area contributed by atoms with Gasteiger partial charge in [-0.15, -0.1) is 11.3 Å². The van der Waals surface area contributed by atoms with Crippen LogP contribution in [0.3, 0.4) is 0 Å². The first-order chi connectivity index (χ1) is 7.99. The highest BCUT2D eigenvalue weighted by atomic mass is 32.1. The summed E-state index contributed by atoms with van der Waals surface area (Å²) in [6, 6.07) is 4.99. The Balaban J connectivity index is 2.50. The fourth-order valence-corrected chi connectivity index (χ4v) is 2.53. The molecule has 1 heterocycles. The van der Waals surface area contributed by atoms with Crippen LogP contribution >= 0.6 is 11.3 Å². The van der Waals surface area contributed by atoms with Crippen LogP contribution in [0.25, 0.3) is 10.6 Å². The maximum atomic E-state index is 13.4. The fourth-order valence-electron chi connectivity index (χ4n) is 1.57. The van der Waals surface area contributed by atoms with Crippen molar-refractivity contribution >= 4 is 17.1 Å². The summed E-state index contributed by atoms with van der Waals surface area (Å²) in [6.45, 7) is 5.02. The Labute approximate surface area is 103 Å². The summed E-state index contributed by atoms with van der Waals surface area (Å²) < 4.78 is 13.4. The minimum Gasteiger partial charge on any atom is -0.294 e. The van der Waals surface area contributed by atoms with Crippen LogP contribution in [0.1, 0.15) is 27.9 Å². The highest BCUT2D eigenvalue weighted by Gasteiger charge is 2.13. The van der Waals surface area contributed by atoms with Gasteiger partial charge >= 0.3 is 0 Å². The first-order valence-electron chi connectivity index (χ1n) is 5.24. The van der Waals surface area contributed by atoms with Crippen LogP contribution < -0.4 is 0 Å². The molecule has 0 bridgehead atoms. The smallest absolute Gasteiger partial charge is 0.171 e. The maximum Gasteiger partial charge on any atom is 0.171 e. The van der Waals surface area contributed by atoms with Crippen molar-refractivity contribution in [3.8, 4) is 10.6 Å². The lowest BCUT2D eigenvalue weighted by molar-refractivity contribution is 0.102. The molecule has 0 amide bonds. The molecule has 0 saturated heterocycles. The Bertz CT molecular complexity index is 589. The molecule has 0 N–H and O–H groups in total. The number of hydrogen-bond donors (Lipinski definition) is 0. The molecule has 0 aliphatic heterocycles. The van der Waals surface area contributed by atoms with E-state index in [1.807, 2.05) is 6.07 Å². The van der Waals surface area contributed by atoms with E-state index in [0.29, 0.717) is 26.7 Å². The lowest BCUT2D eigenvalue weighted by Crippen LogP contribution is -1.89. The fraction of sp³-hybridized carbons (Fsp3) is 0.231. The molecule has 0 radical (unpaired) electrons. The monoisotopic (exact) mass is 249 g/mol. The average Bonchev–Trinajstić information content (AvgIpc) is 2.64. The molecule has 17 heavy (non-hydrogen) atoms. The summed E-state index contributed by atoms with van der Waals surface area (Å²) in [4.78, 5) is 16.3. The Morgan fingerprint density at radius 3 is 2.59 bits per heavy atom. The number of benzene rings is 1. The zero-order chi connectivity index (χ0) is 12.6. The number of thiazole rings is 1. The second kappa shape index (κ2) is 4.37. The lowest BCUT2D eigenvalue weighted by Gasteiger charge is -1.99. The van der Waals surface area contributed by atoms with Crippen molar-refractivity contribution in [3.05, 3.63) is 40.2 Å². The van der Waals surface area contributed by atoms with Gasteiger partial charge in [-0.1, -0.05) is 12.1 Å². The topological polar surface area (TPSA) is 30.0 Å². The normalized spacial score (nSPS) is 10.6. The molecule has 2 nitrogen and oxygen atoms in total. The lowest BCUT2D eigenvalue weighted by atomic mass is 10.1. The van der Waals surface area contributed by atoms with E-state index in [4.69, 9.17) is 0 Å². The Morgan fingerprint density at radius 1 is 1.35 bits per heavy atom. The third kappa shape index (κ3) is 2.26.